The van der Waals surface area contributed by atoms with Gasteiger partial charge in [0.25, 0.3) is 5.91 Å². The van der Waals surface area contributed by atoms with E-state index in [1.54, 1.807) is 6.92 Å². The molecule has 8 heteroatoms. The molecule has 1 aliphatic carbocycles. The van der Waals surface area contributed by atoms with Gasteiger partial charge in [-0.1, -0.05) is 6.92 Å². The van der Waals surface area contributed by atoms with Gasteiger partial charge in [-0.3, -0.25) is 9.78 Å². The average molecular weight is 402 g/mol. The quantitative estimate of drug-likeness (QED) is 0.746. The summed E-state index contributed by atoms with van der Waals surface area (Å²) in [7, 11) is 0. The minimum atomic E-state index is -0.609. The lowest BCUT2D eigenvalue weighted by Gasteiger charge is -2.18. The molecule has 3 rings (SSSR count). The van der Waals surface area contributed by atoms with E-state index in [4.69, 9.17) is 9.47 Å². The number of ether oxygens (including phenoxy) is 2. The van der Waals surface area contributed by atoms with Gasteiger partial charge in [0, 0.05) is 17.3 Å². The van der Waals surface area contributed by atoms with Crippen LogP contribution < -0.4 is 5.32 Å². The standard InChI is InChI=1S/C20H22N2O5S/c1-3-26-20(25)17-14-5-4-12(2)10-15(14)28-18(17)22-16(23)11-27-19(24)13-6-8-21-9-7-13/h6-9,12H,3-5,10-11H2,1-2H3,(H,22,23)/t12-/m1/s1. The van der Waals surface area contributed by atoms with Gasteiger partial charge in [-0.25, -0.2) is 9.59 Å². The number of amides is 1. The number of nitrogens with zero attached hydrogens (tertiary/aromatic N) is 1. The van der Waals surface area contributed by atoms with E-state index in [9.17, 15) is 14.4 Å². The molecule has 0 aromatic carbocycles. The maximum atomic E-state index is 12.5. The Labute approximate surface area is 167 Å². The van der Waals surface area contributed by atoms with Crippen LogP contribution in [0.3, 0.4) is 0 Å². The van der Waals surface area contributed by atoms with E-state index in [1.807, 2.05) is 0 Å². The first kappa shape index (κ1) is 20.0. The van der Waals surface area contributed by atoms with Gasteiger partial charge in [-0.2, -0.15) is 0 Å². The van der Waals surface area contributed by atoms with Crippen molar-refractivity contribution in [3.05, 3.63) is 46.1 Å². The SMILES string of the molecule is CCOC(=O)c1c(NC(=O)COC(=O)c2ccncc2)sc2c1CC[C@@H](C)C2. The summed E-state index contributed by atoms with van der Waals surface area (Å²) in [6.45, 7) is 3.73. The fraction of sp³-hybridized carbons (Fsp3) is 0.400. The highest BCUT2D eigenvalue weighted by Gasteiger charge is 2.29. The zero-order valence-electron chi connectivity index (χ0n) is 15.8. The van der Waals surface area contributed by atoms with Crippen LogP contribution in [0.5, 0.6) is 0 Å². The van der Waals surface area contributed by atoms with E-state index >= 15 is 0 Å². The van der Waals surface area contributed by atoms with Crippen molar-refractivity contribution in [2.45, 2.75) is 33.1 Å². The summed E-state index contributed by atoms with van der Waals surface area (Å²) in [5.41, 5.74) is 1.71. The molecule has 2 heterocycles. The van der Waals surface area contributed by atoms with E-state index in [2.05, 4.69) is 17.2 Å². The molecule has 1 atom stereocenters. The second kappa shape index (κ2) is 8.97. The number of thiophene rings is 1. The third kappa shape index (κ3) is 4.56. The minimum absolute atomic E-state index is 0.261. The lowest BCUT2D eigenvalue weighted by Crippen LogP contribution is -2.22. The molecule has 0 unspecified atom stereocenters. The molecule has 1 N–H and O–H groups in total. The van der Waals surface area contributed by atoms with Crippen LogP contribution in [0, 0.1) is 5.92 Å². The molecule has 0 saturated heterocycles. The molecule has 0 spiro atoms. The number of nitrogens with one attached hydrogen (secondary N) is 1. The molecular formula is C20H22N2O5S. The fourth-order valence-corrected chi connectivity index (χ4v) is 4.54. The van der Waals surface area contributed by atoms with Gasteiger partial charge < -0.3 is 14.8 Å². The largest absolute Gasteiger partial charge is 0.462 e. The minimum Gasteiger partial charge on any atom is -0.462 e. The number of hydrogen-bond donors (Lipinski definition) is 1. The van der Waals surface area contributed by atoms with Crippen LogP contribution in [0.1, 0.15) is 51.4 Å². The second-order valence-electron chi connectivity index (χ2n) is 6.64. The van der Waals surface area contributed by atoms with Crippen molar-refractivity contribution < 1.29 is 23.9 Å². The Kier molecular flexibility index (Phi) is 6.41. The maximum absolute atomic E-state index is 12.5. The Balaban J connectivity index is 1.71. The maximum Gasteiger partial charge on any atom is 0.341 e. The van der Waals surface area contributed by atoms with Crippen LogP contribution in [0.4, 0.5) is 5.00 Å². The molecule has 0 radical (unpaired) electrons. The molecule has 2 aromatic rings. The summed E-state index contributed by atoms with van der Waals surface area (Å²) in [4.78, 5) is 41.7. The molecule has 1 aliphatic rings. The number of carbonyl (C=O) groups is 3. The predicted octanol–water partition coefficient (Wildman–Crippen LogP) is 3.24. The van der Waals surface area contributed by atoms with Crippen molar-refractivity contribution in [3.8, 4) is 0 Å². The monoisotopic (exact) mass is 402 g/mol. The number of fused-ring (bicyclic) bond motifs is 1. The van der Waals surface area contributed by atoms with Gasteiger partial charge in [-0.05, 0) is 49.8 Å². The first-order valence-electron chi connectivity index (χ1n) is 9.18. The zero-order chi connectivity index (χ0) is 20.1. The highest BCUT2D eigenvalue weighted by Crippen LogP contribution is 2.40. The van der Waals surface area contributed by atoms with Gasteiger partial charge >= 0.3 is 11.9 Å². The van der Waals surface area contributed by atoms with Gasteiger partial charge in [-0.15, -0.1) is 11.3 Å². The molecule has 0 aliphatic heterocycles. The van der Waals surface area contributed by atoms with Crippen LogP contribution in [0.15, 0.2) is 24.5 Å². The molecule has 1 amide bonds. The number of esters is 2. The Hall–Kier alpha value is -2.74. The van der Waals surface area contributed by atoms with Crippen molar-refractivity contribution in [1.82, 2.24) is 4.98 Å². The van der Waals surface area contributed by atoms with Crippen molar-refractivity contribution >= 4 is 34.2 Å². The Bertz CT molecular complexity index is 878. The van der Waals surface area contributed by atoms with Crippen LogP contribution in [0.25, 0.3) is 0 Å². The van der Waals surface area contributed by atoms with E-state index < -0.39 is 24.5 Å². The summed E-state index contributed by atoms with van der Waals surface area (Å²) in [6, 6.07) is 3.02. The van der Waals surface area contributed by atoms with Crippen LogP contribution in [-0.4, -0.2) is 36.0 Å². The summed E-state index contributed by atoms with van der Waals surface area (Å²) in [5, 5.41) is 3.18. The van der Waals surface area contributed by atoms with E-state index in [1.165, 1.54) is 35.9 Å². The Morgan fingerprint density at radius 1 is 1.21 bits per heavy atom. The first-order valence-corrected chi connectivity index (χ1v) is 9.99. The Morgan fingerprint density at radius 3 is 2.68 bits per heavy atom. The lowest BCUT2D eigenvalue weighted by molar-refractivity contribution is -0.119. The molecule has 7 nitrogen and oxygen atoms in total. The third-order valence-corrected chi connectivity index (χ3v) is 5.66. The molecule has 148 valence electrons. The summed E-state index contributed by atoms with van der Waals surface area (Å²) < 4.78 is 10.2. The van der Waals surface area contributed by atoms with Gasteiger partial charge in [0.05, 0.1) is 17.7 Å². The van der Waals surface area contributed by atoms with Crippen molar-refractivity contribution in [2.75, 3.05) is 18.5 Å². The summed E-state index contributed by atoms with van der Waals surface area (Å²) >= 11 is 1.40. The second-order valence-corrected chi connectivity index (χ2v) is 7.74. The van der Waals surface area contributed by atoms with Crippen molar-refractivity contribution in [3.63, 3.8) is 0 Å². The number of aromatic nitrogens is 1. The van der Waals surface area contributed by atoms with Gasteiger partial charge in [0.2, 0.25) is 0 Å². The molecule has 2 aromatic heterocycles. The van der Waals surface area contributed by atoms with Crippen LogP contribution in [0.2, 0.25) is 0 Å². The predicted molar refractivity (Wildman–Crippen MR) is 105 cm³/mol. The molecule has 0 saturated carbocycles. The molecular weight excluding hydrogens is 380 g/mol. The topological polar surface area (TPSA) is 94.6 Å². The zero-order valence-corrected chi connectivity index (χ0v) is 16.6. The van der Waals surface area contributed by atoms with Gasteiger partial charge in [0.15, 0.2) is 6.61 Å². The molecule has 28 heavy (non-hydrogen) atoms. The van der Waals surface area contributed by atoms with Gasteiger partial charge in [0.1, 0.15) is 5.00 Å². The van der Waals surface area contributed by atoms with Crippen LogP contribution >= 0.6 is 11.3 Å². The molecule has 0 bridgehead atoms. The smallest absolute Gasteiger partial charge is 0.341 e. The highest BCUT2D eigenvalue weighted by atomic mass is 32.1. The number of rotatable bonds is 6. The van der Waals surface area contributed by atoms with E-state index in [0.717, 1.165) is 29.7 Å². The lowest BCUT2D eigenvalue weighted by atomic mass is 9.88. The van der Waals surface area contributed by atoms with Crippen LogP contribution in [-0.2, 0) is 27.1 Å². The van der Waals surface area contributed by atoms with E-state index in [-0.39, 0.29) is 6.61 Å². The van der Waals surface area contributed by atoms with Crippen molar-refractivity contribution in [2.24, 2.45) is 5.92 Å². The Morgan fingerprint density at radius 2 is 1.96 bits per heavy atom. The third-order valence-electron chi connectivity index (χ3n) is 4.49. The average Bonchev–Trinajstić information content (AvgIpc) is 3.03. The summed E-state index contributed by atoms with van der Waals surface area (Å²) in [6.07, 6.45) is 5.60. The number of carbonyl (C=O) groups excluding carboxylic acids is 3. The number of pyridine rings is 1. The number of hydrogen-bond acceptors (Lipinski definition) is 7. The highest BCUT2D eigenvalue weighted by molar-refractivity contribution is 7.17. The fourth-order valence-electron chi connectivity index (χ4n) is 3.12. The number of anilines is 1. The normalized spacial score (nSPS) is 15.4. The first-order chi connectivity index (χ1) is 13.5. The molecule has 0 fully saturated rings. The van der Waals surface area contributed by atoms with E-state index in [0.29, 0.717) is 22.0 Å². The summed E-state index contributed by atoms with van der Waals surface area (Å²) in [5.74, 6) is -1.01. The van der Waals surface area contributed by atoms with Crippen molar-refractivity contribution in [1.29, 1.82) is 0 Å².